The summed E-state index contributed by atoms with van der Waals surface area (Å²) in [6.45, 7) is 0. The average molecular weight is 255 g/mol. The van der Waals surface area contributed by atoms with E-state index in [1.54, 1.807) is 11.7 Å². The minimum Gasteiger partial charge on any atom is -0.368 e. The molecule has 1 heterocycles. The molecule has 1 saturated carbocycles. The van der Waals surface area contributed by atoms with Gasteiger partial charge < -0.3 is 11.1 Å². The molecule has 1 aromatic heterocycles. The lowest BCUT2D eigenvalue weighted by Gasteiger charge is -2.29. The van der Waals surface area contributed by atoms with Gasteiger partial charge in [0.15, 0.2) is 5.16 Å². The summed E-state index contributed by atoms with van der Waals surface area (Å²) < 4.78 is 1.69. The van der Waals surface area contributed by atoms with E-state index in [-0.39, 0.29) is 5.91 Å². The molecule has 1 atom stereocenters. The fraction of sp³-hybridized carbons (Fsp3) is 0.700. The quantitative estimate of drug-likeness (QED) is 0.685. The number of aromatic nitrogens is 3. The van der Waals surface area contributed by atoms with Gasteiger partial charge in [-0.3, -0.25) is 4.79 Å². The first kappa shape index (κ1) is 12.4. The Morgan fingerprint density at radius 2 is 2.47 bits per heavy atom. The Balaban J connectivity index is 2.08. The molecule has 0 aliphatic heterocycles. The van der Waals surface area contributed by atoms with E-state index in [0.29, 0.717) is 11.7 Å². The third-order valence-corrected chi connectivity index (χ3v) is 4.49. The van der Waals surface area contributed by atoms with Crippen molar-refractivity contribution in [3.8, 4) is 0 Å². The van der Waals surface area contributed by atoms with Gasteiger partial charge in [0.2, 0.25) is 5.91 Å². The molecule has 0 radical (unpaired) electrons. The maximum absolute atomic E-state index is 11.7. The Hall–Kier alpha value is -1.08. The van der Waals surface area contributed by atoms with Crippen molar-refractivity contribution >= 4 is 17.7 Å². The zero-order valence-corrected chi connectivity index (χ0v) is 10.8. The van der Waals surface area contributed by atoms with Gasteiger partial charge in [-0.25, -0.2) is 9.67 Å². The van der Waals surface area contributed by atoms with Crippen molar-refractivity contribution in [2.24, 2.45) is 18.7 Å². The van der Waals surface area contributed by atoms with Crippen molar-refractivity contribution < 1.29 is 4.79 Å². The summed E-state index contributed by atoms with van der Waals surface area (Å²) in [5.41, 5.74) is 4.93. The molecule has 6 nitrogen and oxygen atoms in total. The molecule has 1 aliphatic rings. The molecular formula is C10H17N5OS. The molecule has 0 aromatic carbocycles. The number of hydrogen-bond donors (Lipinski definition) is 2. The molecule has 1 unspecified atom stereocenters. The van der Waals surface area contributed by atoms with Gasteiger partial charge >= 0.3 is 0 Å². The maximum Gasteiger partial charge on any atom is 0.238 e. The lowest BCUT2D eigenvalue weighted by atomic mass is 9.95. The number of nitrogens with two attached hydrogens (primary N) is 1. The van der Waals surface area contributed by atoms with Crippen LogP contribution >= 0.6 is 11.8 Å². The Morgan fingerprint density at radius 3 is 2.88 bits per heavy atom. The highest BCUT2D eigenvalue weighted by Gasteiger charge is 2.48. The van der Waals surface area contributed by atoms with Crippen LogP contribution in [0.1, 0.15) is 12.8 Å². The van der Waals surface area contributed by atoms with Crippen LogP contribution in [0.15, 0.2) is 11.5 Å². The van der Waals surface area contributed by atoms with Crippen molar-refractivity contribution in [1.82, 2.24) is 20.1 Å². The third-order valence-electron chi connectivity index (χ3n) is 3.26. The predicted octanol–water partition coefficient (Wildman–Crippen LogP) is -0.239. The molecule has 0 bridgehead atoms. The number of likely N-dealkylation sites (N-methyl/N-ethyl adjacent to an activating group) is 1. The number of thioether (sulfide) groups is 1. The SMILES string of the molecule is CNC(CSc1ncnn1C)(C(N)=O)C1CC1. The van der Waals surface area contributed by atoms with Gasteiger partial charge in [0.25, 0.3) is 0 Å². The molecule has 17 heavy (non-hydrogen) atoms. The van der Waals surface area contributed by atoms with Gasteiger partial charge in [0.05, 0.1) is 0 Å². The van der Waals surface area contributed by atoms with Crippen LogP contribution in [-0.2, 0) is 11.8 Å². The molecule has 7 heteroatoms. The van der Waals surface area contributed by atoms with Gasteiger partial charge in [0, 0.05) is 12.8 Å². The summed E-state index contributed by atoms with van der Waals surface area (Å²) in [5, 5.41) is 7.90. The van der Waals surface area contributed by atoms with Crippen molar-refractivity contribution in [2.45, 2.75) is 23.5 Å². The van der Waals surface area contributed by atoms with E-state index in [0.717, 1.165) is 18.0 Å². The van der Waals surface area contributed by atoms with Gasteiger partial charge in [-0.2, -0.15) is 5.10 Å². The molecule has 3 N–H and O–H groups in total. The number of rotatable bonds is 6. The highest BCUT2D eigenvalue weighted by Crippen LogP contribution is 2.41. The third kappa shape index (κ3) is 2.30. The van der Waals surface area contributed by atoms with Crippen LogP contribution in [0.4, 0.5) is 0 Å². The Bertz CT molecular complexity index is 417. The summed E-state index contributed by atoms with van der Waals surface area (Å²) in [4.78, 5) is 15.8. The highest BCUT2D eigenvalue weighted by molar-refractivity contribution is 7.99. The van der Waals surface area contributed by atoms with Crippen LogP contribution in [0.5, 0.6) is 0 Å². The van der Waals surface area contributed by atoms with E-state index in [2.05, 4.69) is 15.4 Å². The molecule has 1 aliphatic carbocycles. The number of amides is 1. The fourth-order valence-electron chi connectivity index (χ4n) is 1.96. The van der Waals surface area contributed by atoms with Crippen molar-refractivity contribution in [2.75, 3.05) is 12.8 Å². The van der Waals surface area contributed by atoms with Gasteiger partial charge in [-0.15, -0.1) is 0 Å². The van der Waals surface area contributed by atoms with Crippen LogP contribution in [-0.4, -0.2) is 39.0 Å². The first-order valence-electron chi connectivity index (χ1n) is 5.56. The number of carbonyl (C=O) groups is 1. The second kappa shape index (κ2) is 4.66. The summed E-state index contributed by atoms with van der Waals surface area (Å²) >= 11 is 1.51. The first-order valence-corrected chi connectivity index (χ1v) is 6.54. The molecule has 1 amide bonds. The van der Waals surface area contributed by atoms with Gasteiger partial charge in [-0.1, -0.05) is 11.8 Å². The number of hydrogen-bond acceptors (Lipinski definition) is 5. The lowest BCUT2D eigenvalue weighted by Crippen LogP contribution is -2.57. The van der Waals surface area contributed by atoms with Crippen molar-refractivity contribution in [3.63, 3.8) is 0 Å². The van der Waals surface area contributed by atoms with Crippen LogP contribution < -0.4 is 11.1 Å². The predicted molar refractivity (Wildman–Crippen MR) is 65.4 cm³/mol. The standard InChI is InChI=1S/C10H17N5OS/c1-12-10(8(11)16,7-3-4-7)5-17-9-13-6-14-15(9)2/h6-7,12H,3-5H2,1-2H3,(H2,11,16). The number of aryl methyl sites for hydroxylation is 1. The molecule has 94 valence electrons. The zero-order valence-electron chi connectivity index (χ0n) is 10.0. The van der Waals surface area contributed by atoms with E-state index in [9.17, 15) is 4.79 Å². The smallest absolute Gasteiger partial charge is 0.238 e. The minimum atomic E-state index is -0.614. The number of carbonyl (C=O) groups excluding carboxylic acids is 1. The van der Waals surface area contributed by atoms with Crippen molar-refractivity contribution in [1.29, 1.82) is 0 Å². The average Bonchev–Trinajstić information content (AvgIpc) is 3.05. The van der Waals surface area contributed by atoms with Gasteiger partial charge in [-0.05, 0) is 25.8 Å². The van der Waals surface area contributed by atoms with E-state index < -0.39 is 5.54 Å². The topological polar surface area (TPSA) is 85.8 Å². The number of primary amides is 1. The number of nitrogens with zero attached hydrogens (tertiary/aromatic N) is 3. The number of nitrogens with one attached hydrogen (secondary N) is 1. The summed E-state index contributed by atoms with van der Waals surface area (Å²) in [6.07, 6.45) is 3.62. The van der Waals surface area contributed by atoms with Gasteiger partial charge in [0.1, 0.15) is 11.9 Å². The summed E-state index contributed by atoms with van der Waals surface area (Å²) in [6, 6.07) is 0. The largest absolute Gasteiger partial charge is 0.368 e. The zero-order chi connectivity index (χ0) is 12.5. The lowest BCUT2D eigenvalue weighted by molar-refractivity contribution is -0.124. The van der Waals surface area contributed by atoms with E-state index in [1.807, 2.05) is 7.05 Å². The van der Waals surface area contributed by atoms with Crippen LogP contribution in [0, 0.1) is 5.92 Å². The first-order chi connectivity index (χ1) is 8.10. The second-order valence-electron chi connectivity index (χ2n) is 4.31. The minimum absolute atomic E-state index is 0.280. The molecular weight excluding hydrogens is 238 g/mol. The molecule has 1 aromatic rings. The van der Waals surface area contributed by atoms with Crippen molar-refractivity contribution in [3.05, 3.63) is 6.33 Å². The Labute approximate surface area is 104 Å². The molecule has 2 rings (SSSR count). The molecule has 0 saturated heterocycles. The van der Waals surface area contributed by atoms with E-state index in [4.69, 9.17) is 5.73 Å². The van der Waals surface area contributed by atoms with E-state index >= 15 is 0 Å². The molecule has 1 fully saturated rings. The second-order valence-corrected chi connectivity index (χ2v) is 5.26. The monoisotopic (exact) mass is 255 g/mol. The summed E-state index contributed by atoms with van der Waals surface area (Å²) in [7, 11) is 3.62. The summed E-state index contributed by atoms with van der Waals surface area (Å²) in [5.74, 6) is 0.665. The Morgan fingerprint density at radius 1 is 1.76 bits per heavy atom. The molecule has 0 spiro atoms. The van der Waals surface area contributed by atoms with Crippen LogP contribution in [0.2, 0.25) is 0 Å². The normalized spacial score (nSPS) is 18.9. The Kier molecular flexibility index (Phi) is 3.39. The fourth-order valence-corrected chi connectivity index (χ4v) is 3.20. The van der Waals surface area contributed by atoms with Crippen LogP contribution in [0.25, 0.3) is 0 Å². The maximum atomic E-state index is 11.7. The van der Waals surface area contributed by atoms with E-state index in [1.165, 1.54) is 18.1 Å². The van der Waals surface area contributed by atoms with Crippen LogP contribution in [0.3, 0.4) is 0 Å². The highest BCUT2D eigenvalue weighted by atomic mass is 32.2.